The van der Waals surface area contributed by atoms with E-state index in [9.17, 15) is 0 Å². The lowest BCUT2D eigenvalue weighted by Gasteiger charge is -2.07. The highest BCUT2D eigenvalue weighted by Crippen LogP contribution is 2.17. The van der Waals surface area contributed by atoms with E-state index >= 15 is 0 Å². The molecule has 0 spiro atoms. The van der Waals surface area contributed by atoms with Crippen LogP contribution in [-0.2, 0) is 0 Å². The SMILES string of the molecule is C=C(C)C(C)C/C=C/C=C(\C=C/C)CCC/C(=C/C)N=C(C)c1ccccc1. The van der Waals surface area contributed by atoms with Crippen molar-refractivity contribution in [2.45, 2.75) is 60.3 Å². The van der Waals surface area contributed by atoms with Gasteiger partial charge >= 0.3 is 0 Å². The molecule has 1 aromatic rings. The van der Waals surface area contributed by atoms with Gasteiger partial charge in [-0.05, 0) is 70.4 Å². The van der Waals surface area contributed by atoms with Crippen molar-refractivity contribution in [1.29, 1.82) is 0 Å². The summed E-state index contributed by atoms with van der Waals surface area (Å²) in [5.74, 6) is 0.540. The zero-order valence-electron chi connectivity index (χ0n) is 18.4. The first kappa shape index (κ1) is 23.6. The summed E-state index contributed by atoms with van der Waals surface area (Å²) in [6.07, 6.45) is 17.3. The van der Waals surface area contributed by atoms with Gasteiger partial charge in [-0.15, -0.1) is 0 Å². The summed E-state index contributed by atoms with van der Waals surface area (Å²) in [7, 11) is 0. The Kier molecular flexibility index (Phi) is 11.6. The molecule has 0 radical (unpaired) electrons. The van der Waals surface area contributed by atoms with E-state index in [1.165, 1.54) is 16.7 Å². The van der Waals surface area contributed by atoms with Crippen molar-refractivity contribution in [1.82, 2.24) is 0 Å². The highest BCUT2D eigenvalue weighted by Gasteiger charge is 2.01. The van der Waals surface area contributed by atoms with Crippen LogP contribution in [0.25, 0.3) is 0 Å². The fourth-order valence-corrected chi connectivity index (χ4v) is 2.81. The Hall–Kier alpha value is -2.41. The summed E-state index contributed by atoms with van der Waals surface area (Å²) >= 11 is 0. The van der Waals surface area contributed by atoms with Gasteiger partial charge in [-0.1, -0.05) is 85.9 Å². The van der Waals surface area contributed by atoms with Crippen LogP contribution in [0.3, 0.4) is 0 Å². The zero-order chi connectivity index (χ0) is 20.8. The lowest BCUT2D eigenvalue weighted by molar-refractivity contribution is 0.698. The number of nitrogens with zero attached hydrogens (tertiary/aromatic N) is 1. The third-order valence-electron chi connectivity index (χ3n) is 4.89. The maximum atomic E-state index is 4.84. The van der Waals surface area contributed by atoms with Gasteiger partial charge in [-0.2, -0.15) is 0 Å². The van der Waals surface area contributed by atoms with Crippen molar-refractivity contribution in [3.63, 3.8) is 0 Å². The minimum atomic E-state index is 0.540. The Morgan fingerprint density at radius 3 is 2.43 bits per heavy atom. The number of allylic oxidation sites excluding steroid dienone is 9. The first-order chi connectivity index (χ1) is 13.5. The average Bonchev–Trinajstić information content (AvgIpc) is 2.70. The van der Waals surface area contributed by atoms with Gasteiger partial charge in [-0.3, -0.25) is 4.99 Å². The Morgan fingerprint density at radius 1 is 1.11 bits per heavy atom. The largest absolute Gasteiger partial charge is 0.258 e. The molecule has 0 bridgehead atoms. The molecule has 0 saturated heterocycles. The van der Waals surface area contributed by atoms with Gasteiger partial charge < -0.3 is 0 Å². The highest BCUT2D eigenvalue weighted by atomic mass is 14.7. The van der Waals surface area contributed by atoms with Crippen molar-refractivity contribution in [3.05, 3.63) is 95.8 Å². The Balaban J connectivity index is 2.62. The maximum Gasteiger partial charge on any atom is 0.0448 e. The van der Waals surface area contributed by atoms with E-state index in [1.807, 2.05) is 6.07 Å². The zero-order valence-corrected chi connectivity index (χ0v) is 18.4. The molecule has 1 heteroatoms. The van der Waals surface area contributed by atoms with Crippen LogP contribution in [0.4, 0.5) is 0 Å². The molecule has 28 heavy (non-hydrogen) atoms. The highest BCUT2D eigenvalue weighted by molar-refractivity contribution is 5.99. The van der Waals surface area contributed by atoms with Crippen LogP contribution < -0.4 is 0 Å². The summed E-state index contributed by atoms with van der Waals surface area (Å²) in [5.41, 5.74) is 6.03. The fourth-order valence-electron chi connectivity index (χ4n) is 2.81. The van der Waals surface area contributed by atoms with Crippen molar-refractivity contribution < 1.29 is 0 Å². The molecular weight excluding hydrogens is 338 g/mol. The molecule has 0 amide bonds. The Morgan fingerprint density at radius 2 is 1.82 bits per heavy atom. The fraction of sp³-hybridized carbons (Fsp3) is 0.370. The van der Waals surface area contributed by atoms with Gasteiger partial charge in [0, 0.05) is 11.4 Å². The summed E-state index contributed by atoms with van der Waals surface area (Å²) in [6, 6.07) is 10.4. The standard InChI is InChI=1S/C27H37N/c1-7-15-25(17-13-12-16-23(5)22(3)4)18-14-21-27(8-2)28-24(6)26-19-10-9-11-20-26/h7-13,15,17,19-20,23H,3,14,16,18,21H2,1-2,4-6H3/b13-12+,15-7-,25-17+,27-8-,28-24?. The average molecular weight is 376 g/mol. The molecule has 0 N–H and O–H groups in total. The van der Waals surface area contributed by atoms with Gasteiger partial charge in [0.1, 0.15) is 0 Å². The smallest absolute Gasteiger partial charge is 0.0448 e. The van der Waals surface area contributed by atoms with Crippen molar-refractivity contribution in [3.8, 4) is 0 Å². The molecule has 1 aromatic carbocycles. The first-order valence-electron chi connectivity index (χ1n) is 10.4. The van der Waals surface area contributed by atoms with Crippen LogP contribution in [0.5, 0.6) is 0 Å². The molecule has 1 unspecified atom stereocenters. The molecule has 1 nitrogen and oxygen atoms in total. The van der Waals surface area contributed by atoms with Gasteiger partial charge in [0.15, 0.2) is 0 Å². The minimum absolute atomic E-state index is 0.540. The van der Waals surface area contributed by atoms with Crippen LogP contribution in [0.15, 0.2) is 95.2 Å². The van der Waals surface area contributed by atoms with Crippen LogP contribution in [-0.4, -0.2) is 5.71 Å². The number of hydrogen-bond donors (Lipinski definition) is 0. The Labute approximate surface area is 173 Å². The molecular formula is C27H37N. The van der Waals surface area contributed by atoms with Crippen molar-refractivity contribution >= 4 is 5.71 Å². The number of benzene rings is 1. The van der Waals surface area contributed by atoms with E-state index < -0.39 is 0 Å². The first-order valence-corrected chi connectivity index (χ1v) is 10.4. The second kappa shape index (κ2) is 13.7. The summed E-state index contributed by atoms with van der Waals surface area (Å²) in [4.78, 5) is 4.84. The molecule has 0 aliphatic carbocycles. The molecule has 1 rings (SSSR count). The van der Waals surface area contributed by atoms with E-state index in [0.717, 1.165) is 37.1 Å². The molecule has 0 aliphatic heterocycles. The number of aliphatic imine (C=N–C) groups is 1. The number of hydrogen-bond acceptors (Lipinski definition) is 1. The second-order valence-electron chi connectivity index (χ2n) is 7.35. The normalized spacial score (nSPS) is 14.8. The van der Waals surface area contributed by atoms with E-state index in [4.69, 9.17) is 4.99 Å². The molecule has 0 aromatic heterocycles. The third kappa shape index (κ3) is 9.50. The van der Waals surface area contributed by atoms with E-state index in [0.29, 0.717) is 5.92 Å². The van der Waals surface area contributed by atoms with Gasteiger partial charge in [-0.25, -0.2) is 0 Å². The van der Waals surface area contributed by atoms with Crippen LogP contribution >= 0.6 is 0 Å². The Bertz CT molecular complexity index is 742. The monoisotopic (exact) mass is 375 g/mol. The predicted molar refractivity (Wildman–Crippen MR) is 127 cm³/mol. The van der Waals surface area contributed by atoms with E-state index in [2.05, 4.69) is 102 Å². The molecule has 0 aliphatic rings. The lowest BCUT2D eigenvalue weighted by Crippen LogP contribution is -1.95. The molecule has 0 fully saturated rings. The predicted octanol–water partition coefficient (Wildman–Crippen LogP) is 8.23. The molecule has 0 saturated carbocycles. The van der Waals surface area contributed by atoms with Crippen LogP contribution in [0.1, 0.15) is 65.9 Å². The minimum Gasteiger partial charge on any atom is -0.258 e. The van der Waals surface area contributed by atoms with Crippen molar-refractivity contribution in [2.24, 2.45) is 10.9 Å². The van der Waals surface area contributed by atoms with E-state index in [-0.39, 0.29) is 0 Å². The topological polar surface area (TPSA) is 12.4 Å². The van der Waals surface area contributed by atoms with Crippen molar-refractivity contribution in [2.75, 3.05) is 0 Å². The van der Waals surface area contributed by atoms with Crippen LogP contribution in [0.2, 0.25) is 0 Å². The lowest BCUT2D eigenvalue weighted by atomic mass is 10.00. The quantitative estimate of drug-likeness (QED) is 0.210. The summed E-state index contributed by atoms with van der Waals surface area (Å²) in [6.45, 7) is 14.6. The molecule has 1 atom stereocenters. The second-order valence-corrected chi connectivity index (χ2v) is 7.35. The summed E-state index contributed by atoms with van der Waals surface area (Å²) < 4.78 is 0. The summed E-state index contributed by atoms with van der Waals surface area (Å²) in [5, 5.41) is 0. The molecule has 150 valence electrons. The van der Waals surface area contributed by atoms with Gasteiger partial charge in [0.25, 0.3) is 0 Å². The number of rotatable bonds is 11. The maximum absolute atomic E-state index is 4.84. The molecule has 0 heterocycles. The van der Waals surface area contributed by atoms with Gasteiger partial charge in [0.2, 0.25) is 0 Å². The van der Waals surface area contributed by atoms with Gasteiger partial charge in [0.05, 0.1) is 0 Å². The third-order valence-corrected chi connectivity index (χ3v) is 4.89. The van der Waals surface area contributed by atoms with E-state index in [1.54, 1.807) is 0 Å². The van der Waals surface area contributed by atoms with Crippen LogP contribution in [0, 0.1) is 5.92 Å².